The lowest BCUT2D eigenvalue weighted by atomic mass is 10.1. The monoisotopic (exact) mass is 366 g/mol. The maximum Gasteiger partial charge on any atom is 0.269 e. The third-order valence-corrected chi connectivity index (χ3v) is 4.80. The molecule has 0 unspecified atom stereocenters. The van der Waals surface area contributed by atoms with E-state index >= 15 is 0 Å². The summed E-state index contributed by atoms with van der Waals surface area (Å²) in [5, 5.41) is 10.9. The van der Waals surface area contributed by atoms with Crippen molar-refractivity contribution in [2.75, 3.05) is 12.8 Å². The molecular formula is C17H16F2N2O3S. The van der Waals surface area contributed by atoms with Gasteiger partial charge in [0, 0.05) is 24.1 Å². The first-order valence-electron chi connectivity index (χ1n) is 7.37. The maximum atomic E-state index is 13.6. The van der Waals surface area contributed by atoms with Crippen LogP contribution in [0.2, 0.25) is 0 Å². The Kier molecular flexibility index (Phi) is 6.08. The highest BCUT2D eigenvalue weighted by Gasteiger charge is 2.20. The zero-order valence-corrected chi connectivity index (χ0v) is 14.4. The Hall–Kier alpha value is -2.48. The standard InChI is InChI=1S/C17H16F2N2O3S/c1-11(12-4-3-5-14(8-12)21(23)24)20(2)17(22)10-25-16-9-13(18)6-7-15(16)19/h3-9,11H,10H2,1-2H3/t11-/m0/s1. The van der Waals surface area contributed by atoms with E-state index in [1.165, 1.54) is 17.0 Å². The fourth-order valence-corrected chi connectivity index (χ4v) is 3.05. The van der Waals surface area contributed by atoms with Gasteiger partial charge >= 0.3 is 0 Å². The van der Waals surface area contributed by atoms with Crippen molar-refractivity contribution in [1.29, 1.82) is 0 Å². The summed E-state index contributed by atoms with van der Waals surface area (Å²) in [5.74, 6) is -1.54. The van der Waals surface area contributed by atoms with Crippen molar-refractivity contribution >= 4 is 23.4 Å². The van der Waals surface area contributed by atoms with Crippen molar-refractivity contribution in [3.63, 3.8) is 0 Å². The van der Waals surface area contributed by atoms with Crippen molar-refractivity contribution in [3.8, 4) is 0 Å². The molecule has 0 aliphatic carbocycles. The van der Waals surface area contributed by atoms with E-state index < -0.39 is 22.6 Å². The van der Waals surface area contributed by atoms with E-state index in [4.69, 9.17) is 0 Å². The third kappa shape index (κ3) is 4.76. The summed E-state index contributed by atoms with van der Waals surface area (Å²) in [6, 6.07) is 8.70. The molecule has 132 valence electrons. The van der Waals surface area contributed by atoms with Gasteiger partial charge in [-0.25, -0.2) is 8.78 Å². The molecule has 1 amide bonds. The Bertz CT molecular complexity index is 801. The average Bonchev–Trinajstić information content (AvgIpc) is 2.61. The van der Waals surface area contributed by atoms with E-state index in [1.807, 2.05) is 0 Å². The molecule has 0 saturated heterocycles. The predicted molar refractivity (Wildman–Crippen MR) is 91.4 cm³/mol. The summed E-state index contributed by atoms with van der Waals surface area (Å²) in [7, 11) is 1.56. The van der Waals surface area contributed by atoms with Crippen molar-refractivity contribution < 1.29 is 18.5 Å². The van der Waals surface area contributed by atoms with Gasteiger partial charge in [0.2, 0.25) is 5.91 Å². The van der Waals surface area contributed by atoms with Crippen LogP contribution in [-0.4, -0.2) is 28.5 Å². The van der Waals surface area contributed by atoms with Crippen molar-refractivity contribution in [2.45, 2.75) is 17.9 Å². The summed E-state index contributed by atoms with van der Waals surface area (Å²) in [5.41, 5.74) is 0.563. The Labute approximate surface area is 147 Å². The summed E-state index contributed by atoms with van der Waals surface area (Å²) >= 11 is 0.904. The van der Waals surface area contributed by atoms with Gasteiger partial charge in [-0.2, -0.15) is 0 Å². The lowest BCUT2D eigenvalue weighted by Crippen LogP contribution is -2.31. The van der Waals surface area contributed by atoms with Gasteiger partial charge in [-0.05, 0) is 30.7 Å². The van der Waals surface area contributed by atoms with E-state index in [0.29, 0.717) is 5.56 Å². The molecule has 0 spiro atoms. The molecule has 2 rings (SSSR count). The molecule has 0 aliphatic rings. The molecule has 1 atom stereocenters. The number of non-ortho nitro benzene ring substituents is 1. The molecule has 0 bridgehead atoms. The molecule has 0 fully saturated rings. The third-order valence-electron chi connectivity index (χ3n) is 3.78. The quantitative estimate of drug-likeness (QED) is 0.437. The Balaban J connectivity index is 2.05. The van der Waals surface area contributed by atoms with E-state index in [9.17, 15) is 23.7 Å². The largest absolute Gasteiger partial charge is 0.338 e. The first-order chi connectivity index (χ1) is 11.8. The minimum absolute atomic E-state index is 0.0543. The van der Waals surface area contributed by atoms with Crippen molar-refractivity contribution in [2.24, 2.45) is 0 Å². The van der Waals surface area contributed by atoms with Gasteiger partial charge in [-0.3, -0.25) is 14.9 Å². The van der Waals surface area contributed by atoms with E-state index in [0.717, 1.165) is 30.0 Å². The van der Waals surface area contributed by atoms with Crippen LogP contribution in [0, 0.1) is 21.7 Å². The maximum absolute atomic E-state index is 13.6. The molecule has 0 saturated carbocycles. The second kappa shape index (κ2) is 8.06. The number of nitro benzene ring substituents is 1. The SMILES string of the molecule is C[C@@H](c1cccc([N+](=O)[O-])c1)N(C)C(=O)CSc1cc(F)ccc1F. The number of halogens is 2. The summed E-state index contributed by atoms with van der Waals surface area (Å²) in [6.07, 6.45) is 0. The highest BCUT2D eigenvalue weighted by atomic mass is 32.2. The van der Waals surface area contributed by atoms with Crippen LogP contribution in [0.1, 0.15) is 18.5 Å². The lowest BCUT2D eigenvalue weighted by molar-refractivity contribution is -0.384. The second-order valence-electron chi connectivity index (χ2n) is 5.40. The average molecular weight is 366 g/mol. The highest BCUT2D eigenvalue weighted by Crippen LogP contribution is 2.26. The fourth-order valence-electron chi connectivity index (χ4n) is 2.17. The van der Waals surface area contributed by atoms with E-state index in [2.05, 4.69) is 0 Å². The molecule has 0 heterocycles. The van der Waals surface area contributed by atoms with Crippen LogP contribution in [0.5, 0.6) is 0 Å². The smallest absolute Gasteiger partial charge is 0.269 e. The predicted octanol–water partition coefficient (Wildman–Crippen LogP) is 4.18. The fraction of sp³-hybridized carbons (Fsp3) is 0.235. The molecule has 0 aromatic heterocycles. The van der Waals surface area contributed by atoms with Crippen LogP contribution in [0.25, 0.3) is 0 Å². The van der Waals surface area contributed by atoms with Gasteiger partial charge in [-0.1, -0.05) is 12.1 Å². The van der Waals surface area contributed by atoms with Crippen LogP contribution in [0.4, 0.5) is 14.5 Å². The molecule has 25 heavy (non-hydrogen) atoms. The molecule has 0 aliphatic heterocycles. The molecular weight excluding hydrogens is 350 g/mol. The number of nitro groups is 1. The van der Waals surface area contributed by atoms with Gasteiger partial charge < -0.3 is 4.90 Å². The first-order valence-corrected chi connectivity index (χ1v) is 8.36. The van der Waals surface area contributed by atoms with Crippen molar-refractivity contribution in [3.05, 3.63) is 69.8 Å². The Morgan fingerprint density at radius 2 is 2.00 bits per heavy atom. The Morgan fingerprint density at radius 3 is 2.68 bits per heavy atom. The number of benzene rings is 2. The number of carbonyl (C=O) groups excluding carboxylic acids is 1. The molecule has 0 radical (unpaired) electrons. The molecule has 5 nitrogen and oxygen atoms in total. The number of carbonyl (C=O) groups is 1. The van der Waals surface area contributed by atoms with Crippen LogP contribution >= 0.6 is 11.8 Å². The first kappa shape index (κ1) is 18.9. The van der Waals surface area contributed by atoms with E-state index in [-0.39, 0.29) is 22.2 Å². The number of hydrogen-bond acceptors (Lipinski definition) is 4. The Morgan fingerprint density at radius 1 is 1.28 bits per heavy atom. The van der Waals surface area contributed by atoms with Gasteiger partial charge in [-0.15, -0.1) is 11.8 Å². The number of amides is 1. The summed E-state index contributed by atoms with van der Waals surface area (Å²) < 4.78 is 26.7. The normalized spacial score (nSPS) is 11.8. The number of nitrogens with zero attached hydrogens (tertiary/aromatic N) is 2. The van der Waals surface area contributed by atoms with Crippen LogP contribution in [0.3, 0.4) is 0 Å². The van der Waals surface area contributed by atoms with Gasteiger partial charge in [0.25, 0.3) is 5.69 Å². The lowest BCUT2D eigenvalue weighted by Gasteiger charge is -2.25. The van der Waals surface area contributed by atoms with Gasteiger partial charge in [0.15, 0.2) is 0 Å². The highest BCUT2D eigenvalue weighted by molar-refractivity contribution is 8.00. The zero-order chi connectivity index (χ0) is 18.6. The van der Waals surface area contributed by atoms with Crippen LogP contribution < -0.4 is 0 Å². The van der Waals surface area contributed by atoms with Crippen LogP contribution in [-0.2, 0) is 4.79 Å². The minimum atomic E-state index is -0.589. The zero-order valence-electron chi connectivity index (χ0n) is 13.6. The molecule has 8 heteroatoms. The minimum Gasteiger partial charge on any atom is -0.338 e. The van der Waals surface area contributed by atoms with Gasteiger partial charge in [0.1, 0.15) is 11.6 Å². The van der Waals surface area contributed by atoms with Crippen molar-refractivity contribution in [1.82, 2.24) is 4.90 Å². The number of hydrogen-bond donors (Lipinski definition) is 0. The van der Waals surface area contributed by atoms with Crippen LogP contribution in [0.15, 0.2) is 47.4 Å². The molecule has 2 aromatic rings. The number of rotatable bonds is 6. The topological polar surface area (TPSA) is 63.5 Å². The van der Waals surface area contributed by atoms with E-state index in [1.54, 1.807) is 26.1 Å². The summed E-state index contributed by atoms with van der Waals surface area (Å²) in [6.45, 7) is 1.74. The number of thioether (sulfide) groups is 1. The van der Waals surface area contributed by atoms with Gasteiger partial charge in [0.05, 0.1) is 16.7 Å². The molecule has 2 aromatic carbocycles. The summed E-state index contributed by atoms with van der Waals surface area (Å²) in [4.78, 5) is 24.1. The second-order valence-corrected chi connectivity index (χ2v) is 6.41. The molecule has 0 N–H and O–H groups in total.